The highest BCUT2D eigenvalue weighted by Crippen LogP contribution is 2.47. The molecule has 0 aromatic carbocycles. The molecule has 0 spiro atoms. The number of fused-ring (bicyclic) bond motifs is 3. The van der Waals surface area contributed by atoms with Crippen molar-refractivity contribution in [2.45, 2.75) is 91.3 Å². The first kappa shape index (κ1) is 22.2. The van der Waals surface area contributed by atoms with Crippen molar-refractivity contribution >= 4 is 27.3 Å². The topological polar surface area (TPSA) is 59.4 Å². The number of rotatable bonds is 4. The van der Waals surface area contributed by atoms with E-state index in [1.54, 1.807) is 18.3 Å². The van der Waals surface area contributed by atoms with Gasteiger partial charge in [-0.3, -0.25) is 4.79 Å². The number of hydrogen-bond donors (Lipinski definition) is 1. The molecule has 4 nitrogen and oxygen atoms in total. The number of hydrogen-bond acceptors (Lipinski definition) is 5. The SMILES string of the molecule is CC(=O)[C@@H](OC(C)(C)C)c1c(C)nc2sc3c(c2c1C1CC=C(C)C=C1O)CCCC3. The lowest BCUT2D eigenvalue weighted by molar-refractivity contribution is -0.139. The zero-order chi connectivity index (χ0) is 22.5. The zero-order valence-electron chi connectivity index (χ0n) is 19.5. The number of ether oxygens (including phenoxy) is 1. The first-order valence-corrected chi connectivity index (χ1v) is 12.1. The predicted octanol–water partition coefficient (Wildman–Crippen LogP) is 6.80. The molecule has 0 bridgehead atoms. The van der Waals surface area contributed by atoms with Crippen LogP contribution in [0.5, 0.6) is 0 Å². The minimum Gasteiger partial charge on any atom is -0.512 e. The van der Waals surface area contributed by atoms with Gasteiger partial charge in [0, 0.05) is 27.4 Å². The number of nitrogens with zero attached hydrogens (tertiary/aromatic N) is 1. The summed E-state index contributed by atoms with van der Waals surface area (Å²) in [6.07, 6.45) is 8.53. The molecule has 0 saturated carbocycles. The van der Waals surface area contributed by atoms with E-state index in [1.165, 1.54) is 23.3 Å². The Morgan fingerprint density at radius 1 is 1.26 bits per heavy atom. The van der Waals surface area contributed by atoms with Crippen LogP contribution in [0, 0.1) is 6.92 Å². The summed E-state index contributed by atoms with van der Waals surface area (Å²) in [4.78, 5) is 20.3. The normalized spacial score (nSPS) is 20.3. The Morgan fingerprint density at radius 3 is 2.61 bits per heavy atom. The maximum atomic E-state index is 12.9. The van der Waals surface area contributed by atoms with E-state index in [0.717, 1.165) is 45.5 Å². The van der Waals surface area contributed by atoms with Crippen molar-refractivity contribution in [3.8, 4) is 0 Å². The summed E-state index contributed by atoms with van der Waals surface area (Å²) < 4.78 is 6.32. The van der Waals surface area contributed by atoms with Gasteiger partial charge >= 0.3 is 0 Å². The molecule has 2 atom stereocenters. The molecule has 2 aliphatic rings. The van der Waals surface area contributed by atoms with Crippen molar-refractivity contribution < 1.29 is 14.6 Å². The first-order valence-electron chi connectivity index (χ1n) is 11.3. The standard InChI is InChI=1S/C26H33NO3S/c1-14-11-12-17(19(29)13-14)22-21(24(16(3)28)30-26(4,5)6)15(2)27-25-23(22)18-9-7-8-10-20(18)31-25/h11,13,17,24,29H,7-10,12H2,1-6H3/t17?,24-/m1/s1. The van der Waals surface area contributed by atoms with Gasteiger partial charge in [-0.1, -0.05) is 11.6 Å². The second-order valence-electron chi connectivity index (χ2n) is 9.94. The third-order valence-corrected chi connectivity index (χ3v) is 7.42. The van der Waals surface area contributed by atoms with Crippen molar-refractivity contribution in [2.24, 2.45) is 0 Å². The van der Waals surface area contributed by atoms with Crippen LogP contribution in [-0.2, 0) is 22.4 Å². The molecule has 1 N–H and O–H groups in total. The van der Waals surface area contributed by atoms with Gasteiger partial charge in [-0.25, -0.2) is 4.98 Å². The van der Waals surface area contributed by atoms with Gasteiger partial charge in [-0.05, 0) is 90.8 Å². The number of thiophene rings is 1. The largest absolute Gasteiger partial charge is 0.512 e. The summed E-state index contributed by atoms with van der Waals surface area (Å²) in [5.74, 6) is 0.145. The average molecular weight is 440 g/mol. The molecule has 2 aliphatic carbocycles. The number of aliphatic hydroxyl groups is 1. The van der Waals surface area contributed by atoms with E-state index in [9.17, 15) is 9.90 Å². The van der Waals surface area contributed by atoms with E-state index in [2.05, 4.69) is 6.08 Å². The molecular weight excluding hydrogens is 406 g/mol. The molecule has 31 heavy (non-hydrogen) atoms. The van der Waals surface area contributed by atoms with Crippen LogP contribution in [0.2, 0.25) is 0 Å². The fraction of sp³-hybridized carbons (Fsp3) is 0.538. The van der Waals surface area contributed by atoms with Gasteiger partial charge in [0.15, 0.2) is 5.78 Å². The maximum Gasteiger partial charge on any atom is 0.163 e. The van der Waals surface area contributed by atoms with Crippen LogP contribution in [0.25, 0.3) is 10.2 Å². The van der Waals surface area contributed by atoms with Crippen molar-refractivity contribution in [1.29, 1.82) is 0 Å². The van der Waals surface area contributed by atoms with Crippen LogP contribution in [-0.4, -0.2) is 21.5 Å². The summed E-state index contributed by atoms with van der Waals surface area (Å²) in [6, 6.07) is 0. The molecule has 2 heterocycles. The lowest BCUT2D eigenvalue weighted by Gasteiger charge is -2.31. The lowest BCUT2D eigenvalue weighted by Crippen LogP contribution is -2.28. The Labute approximate surface area is 189 Å². The molecule has 1 unspecified atom stereocenters. The minimum atomic E-state index is -0.703. The fourth-order valence-electron chi connectivity index (χ4n) is 4.92. The molecular formula is C26H33NO3S. The maximum absolute atomic E-state index is 12.9. The molecule has 4 rings (SSSR count). The van der Waals surface area contributed by atoms with Crippen molar-refractivity contribution in [2.75, 3.05) is 0 Å². The number of aliphatic hydroxyl groups excluding tert-OH is 1. The highest BCUT2D eigenvalue weighted by atomic mass is 32.1. The number of aromatic nitrogens is 1. The quantitative estimate of drug-likeness (QED) is 0.569. The molecule has 0 saturated heterocycles. The molecule has 0 aliphatic heterocycles. The minimum absolute atomic E-state index is 0.0319. The van der Waals surface area contributed by atoms with E-state index in [-0.39, 0.29) is 11.7 Å². The molecule has 2 aromatic heterocycles. The van der Waals surface area contributed by atoms with Crippen LogP contribution in [0.3, 0.4) is 0 Å². The molecule has 0 amide bonds. The van der Waals surface area contributed by atoms with Crippen LogP contribution in [0.15, 0.2) is 23.5 Å². The van der Waals surface area contributed by atoms with Crippen LogP contribution in [0.1, 0.15) is 93.2 Å². The van der Waals surface area contributed by atoms with Gasteiger partial charge < -0.3 is 9.84 Å². The van der Waals surface area contributed by atoms with E-state index in [1.807, 2.05) is 40.7 Å². The predicted molar refractivity (Wildman–Crippen MR) is 127 cm³/mol. The summed E-state index contributed by atoms with van der Waals surface area (Å²) in [5.41, 5.74) is 4.67. The van der Waals surface area contributed by atoms with E-state index in [4.69, 9.17) is 9.72 Å². The number of ketones is 1. The van der Waals surface area contributed by atoms with Crippen molar-refractivity contribution in [1.82, 2.24) is 4.98 Å². The van der Waals surface area contributed by atoms with Gasteiger partial charge in [0.05, 0.1) is 5.60 Å². The van der Waals surface area contributed by atoms with E-state index < -0.39 is 11.7 Å². The summed E-state index contributed by atoms with van der Waals surface area (Å²) in [7, 11) is 0. The van der Waals surface area contributed by atoms with Crippen LogP contribution >= 0.6 is 11.3 Å². The molecule has 0 radical (unpaired) electrons. The van der Waals surface area contributed by atoms with Gasteiger partial charge in [0.2, 0.25) is 0 Å². The van der Waals surface area contributed by atoms with Gasteiger partial charge in [-0.2, -0.15) is 0 Å². The van der Waals surface area contributed by atoms with Crippen molar-refractivity contribution in [3.05, 3.63) is 50.7 Å². The van der Waals surface area contributed by atoms with Crippen molar-refractivity contribution in [3.63, 3.8) is 0 Å². The lowest BCUT2D eigenvalue weighted by atomic mass is 9.80. The van der Waals surface area contributed by atoms with E-state index in [0.29, 0.717) is 12.2 Å². The molecule has 5 heteroatoms. The number of allylic oxidation sites excluding steroid dienone is 4. The third kappa shape index (κ3) is 4.22. The Bertz CT molecular complexity index is 1100. The summed E-state index contributed by atoms with van der Waals surface area (Å²) >= 11 is 1.78. The van der Waals surface area contributed by atoms with E-state index >= 15 is 0 Å². The Hall–Kier alpha value is -1.98. The summed E-state index contributed by atoms with van der Waals surface area (Å²) in [5, 5.41) is 12.2. The zero-order valence-corrected chi connectivity index (χ0v) is 20.3. The number of Topliss-reactive ketones (excluding diaryl/α,β-unsaturated/α-hetero) is 1. The van der Waals surface area contributed by atoms with Gasteiger partial charge in [0.25, 0.3) is 0 Å². The summed E-state index contributed by atoms with van der Waals surface area (Å²) in [6.45, 7) is 11.5. The van der Waals surface area contributed by atoms with Gasteiger partial charge in [-0.15, -0.1) is 11.3 Å². The number of pyridine rings is 1. The molecule has 0 fully saturated rings. The number of aryl methyl sites for hydroxylation is 3. The Morgan fingerprint density at radius 2 is 1.97 bits per heavy atom. The fourth-order valence-corrected chi connectivity index (χ4v) is 6.25. The van der Waals surface area contributed by atoms with Crippen LogP contribution < -0.4 is 0 Å². The second-order valence-corrected chi connectivity index (χ2v) is 11.0. The van der Waals surface area contributed by atoms with Crippen LogP contribution in [0.4, 0.5) is 0 Å². The number of carbonyl (C=O) groups excluding carboxylic acids is 1. The second kappa shape index (κ2) is 8.18. The van der Waals surface area contributed by atoms with Gasteiger partial charge in [0.1, 0.15) is 16.7 Å². The molecule has 166 valence electrons. The first-order chi connectivity index (χ1) is 14.6. The Kier molecular flexibility index (Phi) is 5.86. The highest BCUT2D eigenvalue weighted by molar-refractivity contribution is 7.18. The highest BCUT2D eigenvalue weighted by Gasteiger charge is 2.35. The smallest absolute Gasteiger partial charge is 0.163 e. The molecule has 2 aromatic rings. The number of carbonyl (C=O) groups is 1. The monoisotopic (exact) mass is 439 g/mol. The Balaban J connectivity index is 2.04. The third-order valence-electron chi connectivity index (χ3n) is 6.23. The average Bonchev–Trinajstić information content (AvgIpc) is 3.02.